The minimum atomic E-state index is -0.520. The highest BCUT2D eigenvalue weighted by atomic mass is 16.2. The predicted octanol–water partition coefficient (Wildman–Crippen LogP) is 3.17. The predicted molar refractivity (Wildman–Crippen MR) is 85.3 cm³/mol. The van der Waals surface area contributed by atoms with E-state index in [1.54, 1.807) is 6.08 Å². The van der Waals surface area contributed by atoms with Crippen LogP contribution in [-0.2, 0) is 4.79 Å². The van der Waals surface area contributed by atoms with Gasteiger partial charge >= 0.3 is 0 Å². The van der Waals surface area contributed by atoms with Crippen LogP contribution in [-0.4, -0.2) is 18.0 Å². The van der Waals surface area contributed by atoms with Crippen molar-refractivity contribution in [3.05, 3.63) is 24.3 Å². The van der Waals surface area contributed by atoms with Gasteiger partial charge in [-0.05, 0) is 31.6 Å². The Kier molecular flexibility index (Phi) is 6.00. The molecule has 1 aliphatic carbocycles. The number of amides is 1. The molecule has 3 nitrogen and oxygen atoms in total. The van der Waals surface area contributed by atoms with Crippen LogP contribution >= 0.6 is 0 Å². The van der Waals surface area contributed by atoms with Crippen LogP contribution in [0.3, 0.4) is 0 Å². The second-order valence-electron chi connectivity index (χ2n) is 6.69. The lowest BCUT2D eigenvalue weighted by Gasteiger charge is -2.36. The van der Waals surface area contributed by atoms with E-state index in [-0.39, 0.29) is 17.4 Å². The summed E-state index contributed by atoms with van der Waals surface area (Å²) in [6.45, 7) is 12.1. The SMILES string of the molecule is C=CC(NC(=O)C(N)C(C)(C)C1=CCCCC1)C(C)C. The lowest BCUT2D eigenvalue weighted by molar-refractivity contribution is -0.125. The summed E-state index contributed by atoms with van der Waals surface area (Å²) in [7, 11) is 0. The van der Waals surface area contributed by atoms with Crippen LogP contribution in [0.2, 0.25) is 0 Å². The molecule has 0 aromatic carbocycles. The molecule has 20 heavy (non-hydrogen) atoms. The fraction of sp³-hybridized carbons (Fsp3) is 0.706. The van der Waals surface area contributed by atoms with Crippen LogP contribution < -0.4 is 11.1 Å². The topological polar surface area (TPSA) is 55.1 Å². The number of nitrogens with one attached hydrogen (secondary N) is 1. The molecule has 0 fully saturated rings. The van der Waals surface area contributed by atoms with Crippen LogP contribution in [0.25, 0.3) is 0 Å². The summed E-state index contributed by atoms with van der Waals surface area (Å²) in [4.78, 5) is 12.4. The van der Waals surface area contributed by atoms with Gasteiger partial charge in [0.25, 0.3) is 0 Å². The largest absolute Gasteiger partial charge is 0.348 e. The van der Waals surface area contributed by atoms with E-state index in [9.17, 15) is 4.79 Å². The van der Waals surface area contributed by atoms with E-state index in [1.165, 1.54) is 18.4 Å². The van der Waals surface area contributed by atoms with E-state index in [0.717, 1.165) is 12.8 Å². The van der Waals surface area contributed by atoms with Crippen LogP contribution in [0.4, 0.5) is 0 Å². The summed E-state index contributed by atoms with van der Waals surface area (Å²) < 4.78 is 0. The maximum absolute atomic E-state index is 12.4. The van der Waals surface area contributed by atoms with Crippen LogP contribution in [0.5, 0.6) is 0 Å². The van der Waals surface area contributed by atoms with Crippen molar-refractivity contribution < 1.29 is 4.79 Å². The lowest BCUT2D eigenvalue weighted by Crippen LogP contribution is -2.53. The van der Waals surface area contributed by atoms with Gasteiger partial charge in [0.2, 0.25) is 5.91 Å². The summed E-state index contributed by atoms with van der Waals surface area (Å²) in [5, 5.41) is 3.00. The standard InChI is InChI=1S/C17H30N2O/c1-6-14(12(2)3)19-16(20)15(18)17(4,5)13-10-8-7-9-11-13/h6,10,12,14-15H,1,7-9,11,18H2,2-5H3,(H,19,20). The Hall–Kier alpha value is -1.09. The zero-order valence-corrected chi connectivity index (χ0v) is 13.4. The number of nitrogens with two attached hydrogens (primary N) is 1. The monoisotopic (exact) mass is 278 g/mol. The molecule has 3 N–H and O–H groups in total. The highest BCUT2D eigenvalue weighted by Crippen LogP contribution is 2.36. The average Bonchev–Trinajstić information content (AvgIpc) is 2.44. The van der Waals surface area contributed by atoms with Gasteiger partial charge in [-0.1, -0.05) is 45.4 Å². The van der Waals surface area contributed by atoms with Crippen molar-refractivity contribution >= 4 is 5.91 Å². The minimum Gasteiger partial charge on any atom is -0.348 e. The number of carbonyl (C=O) groups is 1. The average molecular weight is 278 g/mol. The molecule has 2 atom stereocenters. The Morgan fingerprint density at radius 3 is 2.55 bits per heavy atom. The molecule has 114 valence electrons. The van der Waals surface area contributed by atoms with Crippen molar-refractivity contribution in [2.24, 2.45) is 17.1 Å². The van der Waals surface area contributed by atoms with E-state index in [2.05, 4.69) is 45.7 Å². The van der Waals surface area contributed by atoms with E-state index in [4.69, 9.17) is 5.73 Å². The highest BCUT2D eigenvalue weighted by Gasteiger charge is 2.36. The Morgan fingerprint density at radius 2 is 2.10 bits per heavy atom. The molecule has 1 rings (SSSR count). The molecule has 0 saturated heterocycles. The zero-order chi connectivity index (χ0) is 15.3. The fourth-order valence-electron chi connectivity index (χ4n) is 2.70. The van der Waals surface area contributed by atoms with Gasteiger partial charge in [0.15, 0.2) is 0 Å². The summed E-state index contributed by atoms with van der Waals surface area (Å²) in [6, 6.07) is -0.544. The third kappa shape index (κ3) is 3.95. The lowest BCUT2D eigenvalue weighted by atomic mass is 9.73. The Morgan fingerprint density at radius 1 is 1.45 bits per heavy atom. The van der Waals surface area contributed by atoms with Gasteiger partial charge in [0, 0.05) is 11.5 Å². The summed E-state index contributed by atoms with van der Waals surface area (Å²) in [5.74, 6) is 0.237. The van der Waals surface area contributed by atoms with Crippen LogP contribution in [0.15, 0.2) is 24.3 Å². The first-order valence-corrected chi connectivity index (χ1v) is 7.68. The quantitative estimate of drug-likeness (QED) is 0.733. The second kappa shape index (κ2) is 7.07. The van der Waals surface area contributed by atoms with Crippen LogP contribution in [0.1, 0.15) is 53.4 Å². The number of rotatable bonds is 6. The maximum atomic E-state index is 12.4. The molecule has 2 unspecified atom stereocenters. The van der Waals surface area contributed by atoms with E-state index < -0.39 is 6.04 Å². The van der Waals surface area contributed by atoms with Crippen molar-refractivity contribution in [3.63, 3.8) is 0 Å². The Balaban J connectivity index is 2.76. The molecule has 0 spiro atoms. The number of hydrogen-bond donors (Lipinski definition) is 2. The maximum Gasteiger partial charge on any atom is 0.238 e. The zero-order valence-electron chi connectivity index (χ0n) is 13.4. The molecule has 0 radical (unpaired) electrons. The third-order valence-electron chi connectivity index (χ3n) is 4.46. The molecule has 1 amide bonds. The number of hydrogen-bond acceptors (Lipinski definition) is 2. The highest BCUT2D eigenvalue weighted by molar-refractivity contribution is 5.83. The van der Waals surface area contributed by atoms with Crippen molar-refractivity contribution in [2.75, 3.05) is 0 Å². The third-order valence-corrected chi connectivity index (χ3v) is 4.46. The first kappa shape index (κ1) is 17.0. The summed E-state index contributed by atoms with van der Waals surface area (Å²) in [6.07, 6.45) is 8.65. The van der Waals surface area contributed by atoms with Gasteiger partial charge in [-0.15, -0.1) is 6.58 Å². The van der Waals surface area contributed by atoms with Gasteiger partial charge in [-0.25, -0.2) is 0 Å². The first-order chi connectivity index (χ1) is 9.30. The van der Waals surface area contributed by atoms with Crippen molar-refractivity contribution in [2.45, 2.75) is 65.5 Å². The van der Waals surface area contributed by atoms with E-state index in [0.29, 0.717) is 5.92 Å². The first-order valence-electron chi connectivity index (χ1n) is 7.68. The van der Waals surface area contributed by atoms with Gasteiger partial charge in [-0.3, -0.25) is 4.79 Å². The number of carbonyl (C=O) groups excluding carboxylic acids is 1. The van der Waals surface area contributed by atoms with Gasteiger partial charge < -0.3 is 11.1 Å². The molecular formula is C17H30N2O. The summed E-state index contributed by atoms with van der Waals surface area (Å²) in [5.41, 5.74) is 7.28. The van der Waals surface area contributed by atoms with Gasteiger partial charge in [-0.2, -0.15) is 0 Å². The molecule has 1 aliphatic rings. The Labute approximate surface area is 123 Å². The summed E-state index contributed by atoms with van der Waals surface area (Å²) >= 11 is 0. The molecule has 0 aliphatic heterocycles. The van der Waals surface area contributed by atoms with E-state index >= 15 is 0 Å². The normalized spacial score (nSPS) is 19.2. The fourth-order valence-corrected chi connectivity index (χ4v) is 2.70. The van der Waals surface area contributed by atoms with E-state index in [1.807, 2.05) is 0 Å². The second-order valence-corrected chi connectivity index (χ2v) is 6.69. The minimum absolute atomic E-state index is 0.0234. The van der Waals surface area contributed by atoms with Gasteiger partial charge in [0.05, 0.1) is 6.04 Å². The molecule has 0 saturated carbocycles. The smallest absolute Gasteiger partial charge is 0.238 e. The molecule has 0 heterocycles. The molecule has 3 heteroatoms. The molecule has 0 aromatic heterocycles. The van der Waals surface area contributed by atoms with Gasteiger partial charge in [0.1, 0.15) is 0 Å². The van der Waals surface area contributed by atoms with Crippen molar-refractivity contribution in [3.8, 4) is 0 Å². The van der Waals surface area contributed by atoms with Crippen LogP contribution in [0, 0.1) is 11.3 Å². The van der Waals surface area contributed by atoms with Crippen molar-refractivity contribution in [1.82, 2.24) is 5.32 Å². The number of allylic oxidation sites excluding steroid dienone is 1. The molecular weight excluding hydrogens is 248 g/mol. The molecule has 0 bridgehead atoms. The molecule has 0 aromatic rings. The Bertz CT molecular complexity index is 382. The van der Waals surface area contributed by atoms with Crippen molar-refractivity contribution in [1.29, 1.82) is 0 Å².